The molecule has 44 nitrogen and oxygen atoms in total. The molecule has 0 spiro atoms. The number of carboxylic acids is 1. The SMILES string of the molecule is Cc1cc(Nc2nc(Nc3cc(C)c(N=Nc4ccc(N=Nc5ccccc5)cc4S(=O)(=O)O)cc3OCCCOC=O)nc(N3CCN(c4nc(Cc5ccc(N=Nc6ccc(N=Nc7ccccc7)cc6S(=O)(=O)O)c(C)c5)nc(Cc5cc(C)c(N=Nc6ccc(N=Nc7ccc(S(=O)(=O)O)cc7)cc6)cc5OCCCC(=O)O)n4)CC3)n2)ccc1N=Nc1ccc(N=Nc2ccc(S(=O)(=O)O)cc2)cc1. The van der Waals surface area contributed by atoms with Crippen LogP contribution < -0.4 is 29.9 Å². The van der Waals surface area contributed by atoms with Gasteiger partial charge in [0.1, 0.15) is 44.3 Å². The third-order valence-corrected chi connectivity index (χ3v) is 24.7. The van der Waals surface area contributed by atoms with Gasteiger partial charge in [0.2, 0.25) is 23.8 Å². The molecule has 7 N–H and O–H groups in total. The van der Waals surface area contributed by atoms with Gasteiger partial charge in [0.05, 0.1) is 115 Å². The summed E-state index contributed by atoms with van der Waals surface area (Å²) >= 11 is 0. The molecule has 1 fully saturated rings. The van der Waals surface area contributed by atoms with Gasteiger partial charge in [0, 0.05) is 75.2 Å². The molecule has 15 rings (SSSR count). The van der Waals surface area contributed by atoms with E-state index in [9.17, 15) is 66.6 Å². The van der Waals surface area contributed by atoms with Crippen molar-refractivity contribution in [3.8, 4) is 11.5 Å². The molecule has 48 heteroatoms. The Morgan fingerprint density at radius 3 is 1.20 bits per heavy atom. The molecule has 144 heavy (non-hydrogen) atoms. The number of anilines is 6. The summed E-state index contributed by atoms with van der Waals surface area (Å²) in [7, 11) is -18.6. The summed E-state index contributed by atoms with van der Waals surface area (Å²) in [5.41, 5.74) is 9.42. The van der Waals surface area contributed by atoms with Crippen molar-refractivity contribution in [1.82, 2.24) is 29.9 Å². The standard InChI is InChI=1S/C96H86N26O18S4/c1-60-49-64(18-38-79(60)116-117-81-40-32-75(55-88(81)143(132,133)134)113-105-66-13-7-5-8-14-66)53-90-99-91(54-65-50-61(2)83(57-86(65)139-47-11-17-92(124)125)119-112-71-25-21-69(22-26-71)108-110-73-29-36-78(37-30-73)142(129,130)131)101-95(100-90)121-42-44-122(45-43-121)96-103-93(97-74-31-39-80(62(3)51-74)115-111-70-23-19-68(20-24-70)107-109-72-27-34-77(35-28-72)141(126,127)128)102-94(104-96)98-85-52-63(4)84(58-87(85)140-48-12-46-138-59-123)120-118-82-41-33-76(56-89(82)144(135,136)137)114-106-67-15-9-6-10-16-67/h5-10,13-16,18-41,49-52,55-59H,11-12,17,42-48,53-54H2,1-4H3,(H,124,125)(H,126,127,128)(H,129,130,131)(H,132,133,134)(H,135,136,137)(H2,97,98,102,103,104). The molecule has 0 atom stereocenters. The van der Waals surface area contributed by atoms with Crippen LogP contribution in [0, 0.1) is 27.7 Å². The van der Waals surface area contributed by atoms with Crippen LogP contribution in [0.2, 0.25) is 0 Å². The van der Waals surface area contributed by atoms with Gasteiger partial charge in [-0.1, -0.05) is 48.5 Å². The number of rotatable bonds is 41. The number of azo groups is 8. The van der Waals surface area contributed by atoms with Crippen molar-refractivity contribution >= 4 is 179 Å². The van der Waals surface area contributed by atoms with E-state index >= 15 is 0 Å². The van der Waals surface area contributed by atoms with Crippen LogP contribution in [0.1, 0.15) is 64.3 Å². The zero-order valence-electron chi connectivity index (χ0n) is 76.7. The molecule has 14 aromatic rings. The number of aryl methyl sites for hydroxylation is 4. The third-order valence-electron chi connectivity index (χ3n) is 21.2. The first-order chi connectivity index (χ1) is 69.2. The van der Waals surface area contributed by atoms with Crippen LogP contribution in [0.3, 0.4) is 0 Å². The summed E-state index contributed by atoms with van der Waals surface area (Å²) in [4.78, 5) is 55.6. The number of aromatic nitrogens is 6. The number of ether oxygens (including phenoxy) is 3. The molecule has 2 aromatic heterocycles. The van der Waals surface area contributed by atoms with Crippen molar-refractivity contribution in [1.29, 1.82) is 0 Å². The van der Waals surface area contributed by atoms with E-state index in [1.54, 1.807) is 159 Å². The van der Waals surface area contributed by atoms with Gasteiger partial charge >= 0.3 is 5.97 Å². The van der Waals surface area contributed by atoms with Crippen LogP contribution in [0.4, 0.5) is 126 Å². The molecule has 0 bridgehead atoms. The van der Waals surface area contributed by atoms with Crippen LogP contribution in [0.15, 0.2) is 356 Å². The lowest BCUT2D eigenvalue weighted by atomic mass is 10.0. The van der Waals surface area contributed by atoms with Crippen molar-refractivity contribution in [2.45, 2.75) is 79.4 Å². The first-order valence-electron chi connectivity index (χ1n) is 43.8. The monoisotopic (exact) mass is 2020 g/mol. The Kier molecular flexibility index (Phi) is 32.5. The van der Waals surface area contributed by atoms with Gasteiger partial charge in [0.25, 0.3) is 46.9 Å². The van der Waals surface area contributed by atoms with Gasteiger partial charge in [-0.3, -0.25) is 27.8 Å². The van der Waals surface area contributed by atoms with Crippen molar-refractivity contribution in [3.05, 3.63) is 300 Å². The number of carbonyl (C=O) groups excluding carboxylic acids is 1. The maximum absolute atomic E-state index is 12.9. The molecule has 1 aliphatic heterocycles. The zero-order valence-corrected chi connectivity index (χ0v) is 80.0. The fourth-order valence-electron chi connectivity index (χ4n) is 13.9. The average molecular weight is 2020 g/mol. The number of hydrogen-bond acceptors (Lipinski definition) is 39. The third kappa shape index (κ3) is 28.6. The Labute approximate surface area is 823 Å². The Hall–Kier alpha value is -17.2. The average Bonchev–Trinajstić information content (AvgIpc) is 0.797. The Morgan fingerprint density at radius 2 is 0.729 bits per heavy atom. The molecule has 0 aliphatic carbocycles. The number of piperazine rings is 1. The van der Waals surface area contributed by atoms with Gasteiger partial charge < -0.3 is 39.8 Å². The van der Waals surface area contributed by atoms with Crippen LogP contribution in [0.5, 0.6) is 11.5 Å². The molecule has 0 radical (unpaired) electrons. The lowest BCUT2D eigenvalue weighted by Crippen LogP contribution is -2.48. The van der Waals surface area contributed by atoms with Crippen molar-refractivity contribution < 1.29 is 80.8 Å². The molecular formula is C96H86N26O18S4. The van der Waals surface area contributed by atoms with Crippen molar-refractivity contribution in [2.75, 3.05) is 66.4 Å². The first kappa shape index (κ1) is 101. The quantitative estimate of drug-likeness (QED) is 0.00810. The highest BCUT2D eigenvalue weighted by atomic mass is 32.2. The van der Waals surface area contributed by atoms with Gasteiger partial charge in [-0.15, -0.1) is 10.2 Å². The van der Waals surface area contributed by atoms with E-state index in [2.05, 4.69) is 92.5 Å². The van der Waals surface area contributed by atoms with Crippen molar-refractivity contribution in [2.24, 2.45) is 81.8 Å². The van der Waals surface area contributed by atoms with Crippen LogP contribution in [-0.4, -0.2) is 145 Å². The van der Waals surface area contributed by atoms with E-state index < -0.39 is 56.2 Å². The molecule has 1 aliphatic rings. The largest absolute Gasteiger partial charge is 0.493 e. The summed E-state index contributed by atoms with van der Waals surface area (Å²) < 4.78 is 155. The Bertz CT molecular complexity index is 7860. The highest BCUT2D eigenvalue weighted by molar-refractivity contribution is 7.86. The lowest BCUT2D eigenvalue weighted by Gasteiger charge is -2.35. The van der Waals surface area contributed by atoms with E-state index in [0.29, 0.717) is 126 Å². The fourth-order valence-corrected chi connectivity index (χ4v) is 16.1. The predicted molar refractivity (Wildman–Crippen MR) is 530 cm³/mol. The highest BCUT2D eigenvalue weighted by Crippen LogP contribution is 2.41. The van der Waals surface area contributed by atoms with Gasteiger partial charge in [-0.25, -0.2) is 4.98 Å². The summed E-state index contributed by atoms with van der Waals surface area (Å²) in [6.45, 7) is 8.52. The minimum Gasteiger partial charge on any atom is -0.493 e. The number of nitrogens with one attached hydrogen (secondary N) is 2. The van der Waals surface area contributed by atoms with E-state index in [-0.39, 0.29) is 146 Å². The molecule has 0 unspecified atom stereocenters. The number of hydrogen-bond donors (Lipinski definition) is 7. The molecule has 0 amide bonds. The van der Waals surface area contributed by atoms with Gasteiger partial charge in [-0.05, 0) is 256 Å². The van der Waals surface area contributed by atoms with Gasteiger partial charge in [0.15, 0.2) is 0 Å². The fraction of sp³-hybridized carbons (Fsp3) is 0.167. The van der Waals surface area contributed by atoms with Gasteiger partial charge in [-0.2, -0.15) is 130 Å². The number of carbonyl (C=O) groups is 2. The second-order valence-electron chi connectivity index (χ2n) is 31.8. The topological polar surface area (TPSA) is 605 Å². The molecule has 12 aromatic carbocycles. The lowest BCUT2D eigenvalue weighted by molar-refractivity contribution is -0.137. The summed E-state index contributed by atoms with van der Waals surface area (Å²) in [5, 5.41) is 85.3. The second-order valence-corrected chi connectivity index (χ2v) is 37.5. The summed E-state index contributed by atoms with van der Waals surface area (Å²) in [6.07, 6.45) is 0.375. The van der Waals surface area contributed by atoms with Crippen molar-refractivity contribution in [3.63, 3.8) is 0 Å². The van der Waals surface area contributed by atoms with E-state index in [1.807, 2.05) is 47.9 Å². The molecule has 0 saturated carbocycles. The smallest absolute Gasteiger partial charge is 0.303 e. The molecule has 3 heterocycles. The predicted octanol–water partition coefficient (Wildman–Crippen LogP) is 23.8. The number of carboxylic acid groups (broad SMARTS) is 1. The van der Waals surface area contributed by atoms with E-state index in [1.165, 1.54) is 72.8 Å². The minimum absolute atomic E-state index is 0.00116. The maximum atomic E-state index is 12.9. The number of aliphatic carboxylic acids is 1. The molecule has 1 saturated heterocycles. The summed E-state index contributed by atoms with van der Waals surface area (Å²) in [5.74, 6) is 0.684. The number of benzene rings is 12. The normalized spacial score (nSPS) is 12.9. The Morgan fingerprint density at radius 1 is 0.354 bits per heavy atom. The van der Waals surface area contributed by atoms with Crippen LogP contribution in [0.25, 0.3) is 0 Å². The Balaban J connectivity index is 0.742. The first-order valence-corrected chi connectivity index (χ1v) is 49.5. The van der Waals surface area contributed by atoms with E-state index in [4.69, 9.17) is 44.1 Å². The minimum atomic E-state index is -4.91. The van der Waals surface area contributed by atoms with E-state index in [0.717, 1.165) is 17.7 Å². The van der Waals surface area contributed by atoms with Crippen LogP contribution >= 0.6 is 0 Å². The maximum Gasteiger partial charge on any atom is 0.303 e. The highest BCUT2D eigenvalue weighted by Gasteiger charge is 2.28. The zero-order chi connectivity index (χ0) is 101. The second kappa shape index (κ2) is 46.3. The van der Waals surface area contributed by atoms with Crippen LogP contribution in [-0.2, 0) is 67.6 Å². The molecule has 732 valence electrons. The molecular weight excluding hydrogens is 1930 g/mol. The summed E-state index contributed by atoms with van der Waals surface area (Å²) in [6, 6.07) is 66.5. The number of nitrogens with zero attached hydrogens (tertiary/aromatic N) is 24.